The molecule has 1 aromatic rings. The molecule has 6 heteroatoms. The topological polar surface area (TPSA) is 70.2 Å². The van der Waals surface area contributed by atoms with E-state index in [4.69, 9.17) is 0 Å². The number of rotatable bonds is 5. The minimum atomic E-state index is -0.323. The van der Waals surface area contributed by atoms with Crippen molar-refractivity contribution in [2.45, 2.75) is 56.6 Å². The second kappa shape index (κ2) is 8.07. The number of ketones is 1. The van der Waals surface area contributed by atoms with Gasteiger partial charge in [0.1, 0.15) is 5.50 Å². The Kier molecular flexibility index (Phi) is 5.55. The van der Waals surface area contributed by atoms with Gasteiger partial charge >= 0.3 is 0 Å². The van der Waals surface area contributed by atoms with Crippen molar-refractivity contribution >= 4 is 23.5 Å². The summed E-state index contributed by atoms with van der Waals surface area (Å²) in [6, 6.07) is 10.0. The van der Waals surface area contributed by atoms with Crippen molar-refractivity contribution in [3.8, 4) is 0 Å². The van der Waals surface area contributed by atoms with Crippen LogP contribution in [0.1, 0.15) is 50.5 Å². The molecule has 0 bridgehead atoms. The van der Waals surface area contributed by atoms with E-state index in [1.807, 2.05) is 30.3 Å². The highest BCUT2D eigenvalue weighted by Gasteiger charge is 2.48. The van der Waals surface area contributed by atoms with Crippen LogP contribution in [0.15, 0.2) is 41.6 Å². The molecule has 1 aliphatic carbocycles. The third kappa shape index (κ3) is 3.65. The van der Waals surface area contributed by atoms with Crippen molar-refractivity contribution in [2.24, 2.45) is 5.92 Å². The number of nitrogens with one attached hydrogen (secondary N) is 3. The van der Waals surface area contributed by atoms with Gasteiger partial charge < -0.3 is 10.6 Å². The average Bonchev–Trinajstić information content (AvgIpc) is 2.67. The lowest BCUT2D eigenvalue weighted by Crippen LogP contribution is -2.67. The molecule has 27 heavy (non-hydrogen) atoms. The average molecular weight is 386 g/mol. The van der Waals surface area contributed by atoms with Crippen LogP contribution in [-0.4, -0.2) is 29.1 Å². The predicted molar refractivity (Wildman–Crippen MR) is 108 cm³/mol. The quantitative estimate of drug-likeness (QED) is 0.680. The summed E-state index contributed by atoms with van der Waals surface area (Å²) in [4.78, 5) is 25.9. The summed E-state index contributed by atoms with van der Waals surface area (Å²) in [5.74, 6) is 0.716. The minimum absolute atomic E-state index is 0.0269. The Balaban J connectivity index is 1.67. The molecule has 1 fully saturated rings. The maximum Gasteiger partial charge on any atom is 0.229 e. The highest BCUT2D eigenvalue weighted by Crippen LogP contribution is 2.43. The molecule has 3 aliphatic rings. The number of thioether (sulfide) groups is 1. The van der Waals surface area contributed by atoms with Gasteiger partial charge in [-0.3, -0.25) is 14.9 Å². The summed E-state index contributed by atoms with van der Waals surface area (Å²) in [5, 5.41) is 10.2. The molecule has 0 saturated carbocycles. The molecule has 1 aromatic carbocycles. The van der Waals surface area contributed by atoms with Crippen LogP contribution in [0.4, 0.5) is 0 Å². The Labute approximate surface area is 164 Å². The fourth-order valence-electron chi connectivity index (χ4n) is 4.37. The first-order valence-corrected chi connectivity index (χ1v) is 11.0. The highest BCUT2D eigenvalue weighted by molar-refractivity contribution is 7.99. The van der Waals surface area contributed by atoms with Gasteiger partial charge in [-0.25, -0.2) is 0 Å². The van der Waals surface area contributed by atoms with Crippen molar-refractivity contribution in [2.75, 3.05) is 5.75 Å². The smallest absolute Gasteiger partial charge is 0.229 e. The lowest BCUT2D eigenvalue weighted by Gasteiger charge is -2.47. The number of unbranched alkanes of at least 4 members (excludes halogenated alkanes) is 1. The zero-order valence-corrected chi connectivity index (χ0v) is 16.5. The van der Waals surface area contributed by atoms with Gasteiger partial charge in [-0.1, -0.05) is 43.7 Å². The van der Waals surface area contributed by atoms with Gasteiger partial charge in [0.05, 0.1) is 12.1 Å². The largest absolute Gasteiger partial charge is 0.372 e. The van der Waals surface area contributed by atoms with E-state index >= 15 is 0 Å². The van der Waals surface area contributed by atoms with Gasteiger partial charge in [0.15, 0.2) is 5.78 Å². The van der Waals surface area contributed by atoms with Gasteiger partial charge in [-0.15, -0.1) is 11.8 Å². The first-order valence-electron chi connectivity index (χ1n) is 9.94. The van der Waals surface area contributed by atoms with Crippen molar-refractivity contribution in [1.82, 2.24) is 16.0 Å². The monoisotopic (exact) mass is 385 g/mol. The molecule has 1 amide bonds. The third-order valence-electron chi connectivity index (χ3n) is 5.66. The van der Waals surface area contributed by atoms with Crippen LogP contribution < -0.4 is 16.0 Å². The standard InChI is InChI=1S/C21H27N3O2S/c1-2-3-12-27-21-23-19-18(20(26)24-21)16(13-8-5-4-6-9-13)17-14(22-19)10-7-11-15(17)25/h4-6,8-9,16,18-19,21-23H,2-3,7,10-12H2,1H3,(H,24,26). The Hall–Kier alpha value is -1.79. The van der Waals surface area contributed by atoms with Crippen LogP contribution >= 0.6 is 11.8 Å². The molecule has 144 valence electrons. The van der Waals surface area contributed by atoms with Gasteiger partial charge in [-0.05, 0) is 30.6 Å². The van der Waals surface area contributed by atoms with Crippen molar-refractivity contribution in [3.05, 3.63) is 47.2 Å². The van der Waals surface area contributed by atoms with Gasteiger partial charge in [0, 0.05) is 23.6 Å². The number of benzene rings is 1. The molecule has 2 heterocycles. The van der Waals surface area contributed by atoms with Gasteiger partial charge in [-0.2, -0.15) is 0 Å². The van der Waals surface area contributed by atoms with Gasteiger partial charge in [0.25, 0.3) is 0 Å². The summed E-state index contributed by atoms with van der Waals surface area (Å²) in [6.45, 7) is 2.17. The lowest BCUT2D eigenvalue weighted by molar-refractivity contribution is -0.130. The van der Waals surface area contributed by atoms with Crippen molar-refractivity contribution < 1.29 is 9.59 Å². The second-order valence-electron chi connectivity index (χ2n) is 7.48. The second-order valence-corrected chi connectivity index (χ2v) is 8.70. The van der Waals surface area contributed by atoms with E-state index in [2.05, 4.69) is 22.9 Å². The van der Waals surface area contributed by atoms with E-state index in [-0.39, 0.29) is 35.2 Å². The molecular formula is C21H27N3O2S. The summed E-state index contributed by atoms with van der Waals surface area (Å²) in [7, 11) is 0. The van der Waals surface area contributed by atoms with Crippen LogP contribution in [0, 0.1) is 5.92 Å². The number of Topliss-reactive ketones (excluding diaryl/α,β-unsaturated/α-hetero) is 1. The van der Waals surface area contributed by atoms with E-state index in [0.717, 1.165) is 48.3 Å². The lowest BCUT2D eigenvalue weighted by atomic mass is 9.70. The maximum atomic E-state index is 13.1. The molecule has 0 spiro atoms. The first kappa shape index (κ1) is 18.6. The zero-order valence-electron chi connectivity index (χ0n) is 15.7. The van der Waals surface area contributed by atoms with Gasteiger partial charge in [0.2, 0.25) is 5.91 Å². The summed E-state index contributed by atoms with van der Waals surface area (Å²) < 4.78 is 0. The number of hydrogen-bond donors (Lipinski definition) is 3. The summed E-state index contributed by atoms with van der Waals surface area (Å²) in [6.07, 6.45) is 4.47. The number of hydrogen-bond acceptors (Lipinski definition) is 5. The molecule has 4 atom stereocenters. The maximum absolute atomic E-state index is 13.1. The third-order valence-corrected chi connectivity index (χ3v) is 6.77. The molecule has 4 unspecified atom stereocenters. The molecule has 4 rings (SSSR count). The Morgan fingerprint density at radius 3 is 2.70 bits per heavy atom. The van der Waals surface area contributed by atoms with Crippen LogP contribution in [-0.2, 0) is 9.59 Å². The van der Waals surface area contributed by atoms with Crippen LogP contribution in [0.2, 0.25) is 0 Å². The molecule has 0 radical (unpaired) electrons. The summed E-state index contributed by atoms with van der Waals surface area (Å²) in [5.41, 5.74) is 2.81. The number of carbonyl (C=O) groups is 2. The SMILES string of the molecule is CCCCSC1NC(=O)C2C(NC3=C(C(=O)CCC3)C2c2ccccc2)N1. The fourth-order valence-corrected chi connectivity index (χ4v) is 5.51. The predicted octanol–water partition coefficient (Wildman–Crippen LogP) is 2.86. The Morgan fingerprint density at radius 1 is 1.11 bits per heavy atom. The minimum Gasteiger partial charge on any atom is -0.372 e. The van der Waals surface area contributed by atoms with E-state index in [0.29, 0.717) is 6.42 Å². The molecule has 1 saturated heterocycles. The molecule has 2 aliphatic heterocycles. The zero-order chi connectivity index (χ0) is 18.8. The Morgan fingerprint density at radius 2 is 1.93 bits per heavy atom. The number of carbonyl (C=O) groups excluding carboxylic acids is 2. The molecule has 3 N–H and O–H groups in total. The van der Waals surface area contributed by atoms with Crippen molar-refractivity contribution in [3.63, 3.8) is 0 Å². The number of fused-ring (bicyclic) bond motifs is 1. The van der Waals surface area contributed by atoms with E-state index in [1.54, 1.807) is 11.8 Å². The summed E-state index contributed by atoms with van der Waals surface area (Å²) >= 11 is 1.74. The van der Waals surface area contributed by atoms with E-state index in [9.17, 15) is 9.59 Å². The van der Waals surface area contributed by atoms with Crippen LogP contribution in [0.25, 0.3) is 0 Å². The highest BCUT2D eigenvalue weighted by atomic mass is 32.2. The fraction of sp³-hybridized carbons (Fsp3) is 0.524. The normalized spacial score (nSPS) is 30.3. The van der Waals surface area contributed by atoms with Crippen LogP contribution in [0.5, 0.6) is 0 Å². The number of allylic oxidation sites excluding steroid dienone is 2. The van der Waals surface area contributed by atoms with Crippen LogP contribution in [0.3, 0.4) is 0 Å². The molecule has 5 nitrogen and oxygen atoms in total. The van der Waals surface area contributed by atoms with Crippen molar-refractivity contribution in [1.29, 1.82) is 0 Å². The van der Waals surface area contributed by atoms with E-state index < -0.39 is 0 Å². The first-order chi connectivity index (χ1) is 13.2. The molecular weight excluding hydrogens is 358 g/mol. The Bertz CT molecular complexity index is 749. The van der Waals surface area contributed by atoms with E-state index in [1.165, 1.54) is 0 Å². The molecule has 0 aromatic heterocycles. The number of amides is 1.